The molecule has 106 valence electrons. The molecular weight excluding hydrogens is 286 g/mol. The number of para-hydroxylation sites is 1. The van der Waals surface area contributed by atoms with Crippen molar-refractivity contribution in [2.45, 2.75) is 26.6 Å². The molecule has 0 radical (unpaired) electrons. The Morgan fingerprint density at radius 1 is 1.05 bits per heavy atom. The van der Waals surface area contributed by atoms with Crippen LogP contribution in [0.4, 0.5) is 4.39 Å². The van der Waals surface area contributed by atoms with Gasteiger partial charge in [-0.3, -0.25) is 0 Å². The summed E-state index contributed by atoms with van der Waals surface area (Å²) >= 11 is 0. The highest BCUT2D eigenvalue weighted by molar-refractivity contribution is 7.56. The Morgan fingerprint density at radius 3 is 2.30 bits per heavy atom. The number of aryl methyl sites for hydroxylation is 1. The van der Waals surface area contributed by atoms with Gasteiger partial charge in [-0.1, -0.05) is 58.6 Å². The van der Waals surface area contributed by atoms with Crippen LogP contribution < -0.4 is 15.8 Å². The molecule has 20 heavy (non-hydrogen) atoms. The lowest BCUT2D eigenvalue weighted by molar-refractivity contribution is 0.483. The first kappa shape index (κ1) is 15.2. The smallest absolute Gasteiger partial charge is 0.131 e. The van der Waals surface area contributed by atoms with Crippen molar-refractivity contribution in [2.24, 2.45) is 0 Å². The quantitative estimate of drug-likeness (QED) is 0.683. The molecule has 0 aromatic heterocycles. The van der Waals surface area contributed by atoms with Gasteiger partial charge in [0.1, 0.15) is 11.6 Å². The predicted molar refractivity (Wildman–Crippen MR) is 89.8 cm³/mol. The molecule has 0 saturated heterocycles. The molecule has 0 amide bonds. The van der Waals surface area contributed by atoms with Crippen LogP contribution in [0.3, 0.4) is 0 Å². The van der Waals surface area contributed by atoms with Crippen molar-refractivity contribution in [2.75, 3.05) is 0 Å². The Kier molecular flexibility index (Phi) is 4.31. The normalized spacial score (nSPS) is 12.2. The Balaban J connectivity index is 2.45. The maximum absolute atomic E-state index is 13.9. The lowest BCUT2D eigenvalue weighted by Gasteiger charge is -2.20. The number of rotatable bonds is 3. The Labute approximate surface area is 122 Å². The van der Waals surface area contributed by atoms with Gasteiger partial charge in [0, 0.05) is 10.6 Å². The summed E-state index contributed by atoms with van der Waals surface area (Å²) in [5.74, 6) is 0.161. The number of hydrogen-bond donors (Lipinski definition) is 1. The van der Waals surface area contributed by atoms with Gasteiger partial charge in [-0.2, -0.15) is 0 Å². The fourth-order valence-electron chi connectivity index (χ4n) is 2.17. The summed E-state index contributed by atoms with van der Waals surface area (Å²) < 4.78 is 13.9. The van der Waals surface area contributed by atoms with E-state index in [4.69, 9.17) is 0 Å². The van der Waals surface area contributed by atoms with Gasteiger partial charge in [-0.25, -0.2) is 4.39 Å². The van der Waals surface area contributed by atoms with Crippen LogP contribution >= 0.6 is 8.58 Å². The SMILES string of the molecule is Cc1cccc(F)c1Pc1cccc([Si](C)(C)C)c1O. The van der Waals surface area contributed by atoms with Gasteiger partial charge < -0.3 is 5.11 Å². The summed E-state index contributed by atoms with van der Waals surface area (Å²) in [7, 11) is -1.45. The fraction of sp³-hybridized carbons (Fsp3) is 0.250. The number of phenols is 1. The summed E-state index contributed by atoms with van der Waals surface area (Å²) in [5, 5.41) is 13.0. The van der Waals surface area contributed by atoms with E-state index in [1.165, 1.54) is 6.07 Å². The Morgan fingerprint density at radius 2 is 1.70 bits per heavy atom. The summed E-state index contributed by atoms with van der Waals surface area (Å²) in [4.78, 5) is 0. The van der Waals surface area contributed by atoms with Crippen LogP contribution in [-0.4, -0.2) is 13.2 Å². The van der Waals surface area contributed by atoms with Crippen molar-refractivity contribution in [1.82, 2.24) is 0 Å². The molecule has 0 aliphatic carbocycles. The molecule has 0 aliphatic heterocycles. The first-order chi connectivity index (χ1) is 9.30. The van der Waals surface area contributed by atoms with Crippen molar-refractivity contribution < 1.29 is 9.50 Å². The van der Waals surface area contributed by atoms with Crippen LogP contribution in [0.1, 0.15) is 5.56 Å². The average molecular weight is 306 g/mol. The molecule has 2 aromatic carbocycles. The molecule has 2 rings (SSSR count). The second kappa shape index (κ2) is 5.67. The van der Waals surface area contributed by atoms with Gasteiger partial charge in [0.2, 0.25) is 0 Å². The standard InChI is InChI=1S/C16H20FOPSi/c1-11-7-5-8-12(17)16(11)19-13-9-6-10-14(15(13)18)20(2,3)4/h5-10,18-19H,1-4H3. The molecule has 0 spiro atoms. The molecule has 1 unspecified atom stereocenters. The lowest BCUT2D eigenvalue weighted by Crippen LogP contribution is -2.39. The van der Waals surface area contributed by atoms with E-state index in [9.17, 15) is 9.50 Å². The molecule has 0 heterocycles. The highest BCUT2D eigenvalue weighted by Crippen LogP contribution is 2.22. The molecule has 0 aliphatic rings. The summed E-state index contributed by atoms with van der Waals surface area (Å²) in [5.41, 5.74) is 0.932. The molecule has 2 aromatic rings. The van der Waals surface area contributed by atoms with E-state index in [2.05, 4.69) is 19.6 Å². The van der Waals surface area contributed by atoms with E-state index in [0.717, 1.165) is 16.1 Å². The number of phenolic OH excluding ortho intramolecular Hbond substituents is 1. The molecule has 0 fully saturated rings. The van der Waals surface area contributed by atoms with Crippen LogP contribution in [-0.2, 0) is 0 Å². The van der Waals surface area contributed by atoms with E-state index in [1.54, 1.807) is 6.07 Å². The first-order valence-electron chi connectivity index (χ1n) is 6.65. The average Bonchev–Trinajstić information content (AvgIpc) is 2.34. The van der Waals surface area contributed by atoms with Gasteiger partial charge in [-0.15, -0.1) is 0 Å². The predicted octanol–water partition coefficient (Wildman–Crippen LogP) is 3.01. The minimum Gasteiger partial charge on any atom is -0.507 e. The van der Waals surface area contributed by atoms with Gasteiger partial charge in [0.05, 0.1) is 8.07 Å². The topological polar surface area (TPSA) is 20.2 Å². The number of benzene rings is 2. The van der Waals surface area contributed by atoms with Crippen LogP contribution in [0, 0.1) is 12.7 Å². The van der Waals surface area contributed by atoms with Crippen LogP contribution in [0.5, 0.6) is 5.75 Å². The summed E-state index contributed by atoms with van der Waals surface area (Å²) in [6.45, 7) is 8.50. The zero-order chi connectivity index (χ0) is 14.9. The molecular formula is C16H20FOPSi. The second-order valence-corrected chi connectivity index (χ2v) is 12.3. The lowest BCUT2D eigenvalue weighted by atomic mass is 10.2. The zero-order valence-corrected chi connectivity index (χ0v) is 14.3. The number of halogens is 1. The van der Waals surface area contributed by atoms with Crippen molar-refractivity contribution in [3.8, 4) is 5.75 Å². The second-order valence-electron chi connectivity index (χ2n) is 6.01. The zero-order valence-electron chi connectivity index (χ0n) is 12.3. The van der Waals surface area contributed by atoms with E-state index in [0.29, 0.717) is 11.1 Å². The van der Waals surface area contributed by atoms with Gasteiger partial charge in [0.25, 0.3) is 0 Å². The Bertz CT molecular complexity index is 615. The highest BCUT2D eigenvalue weighted by atomic mass is 31.1. The van der Waals surface area contributed by atoms with Gasteiger partial charge in [0.15, 0.2) is 0 Å². The maximum Gasteiger partial charge on any atom is 0.131 e. The number of aromatic hydroxyl groups is 1. The third-order valence-corrected chi connectivity index (χ3v) is 6.90. The van der Waals surface area contributed by atoms with E-state index >= 15 is 0 Å². The molecule has 1 N–H and O–H groups in total. The third kappa shape index (κ3) is 3.10. The van der Waals surface area contributed by atoms with E-state index in [1.807, 2.05) is 31.2 Å². The van der Waals surface area contributed by atoms with Crippen LogP contribution in [0.15, 0.2) is 36.4 Å². The molecule has 1 nitrogen and oxygen atoms in total. The van der Waals surface area contributed by atoms with Crippen molar-refractivity contribution in [3.05, 3.63) is 47.8 Å². The van der Waals surface area contributed by atoms with Crippen LogP contribution in [0.25, 0.3) is 0 Å². The fourth-order valence-corrected chi connectivity index (χ4v) is 4.93. The minimum absolute atomic E-state index is 0.146. The van der Waals surface area contributed by atoms with Gasteiger partial charge in [-0.05, 0) is 23.7 Å². The van der Waals surface area contributed by atoms with E-state index in [-0.39, 0.29) is 14.4 Å². The largest absolute Gasteiger partial charge is 0.507 e. The number of hydrogen-bond acceptors (Lipinski definition) is 1. The molecule has 1 atom stereocenters. The Hall–Kier alpha value is -1.18. The highest BCUT2D eigenvalue weighted by Gasteiger charge is 2.22. The van der Waals surface area contributed by atoms with Crippen molar-refractivity contribution in [1.29, 1.82) is 0 Å². The molecule has 0 bridgehead atoms. The van der Waals surface area contributed by atoms with Gasteiger partial charge >= 0.3 is 0 Å². The minimum atomic E-state index is -1.59. The molecule has 0 saturated carbocycles. The van der Waals surface area contributed by atoms with E-state index < -0.39 is 8.07 Å². The maximum atomic E-state index is 13.9. The first-order valence-corrected chi connectivity index (χ1v) is 11.2. The summed E-state index contributed by atoms with van der Waals surface area (Å²) in [6, 6.07) is 11.0. The van der Waals surface area contributed by atoms with Crippen molar-refractivity contribution in [3.63, 3.8) is 0 Å². The monoisotopic (exact) mass is 306 g/mol. The third-order valence-electron chi connectivity index (χ3n) is 3.33. The summed E-state index contributed by atoms with van der Waals surface area (Å²) in [6.07, 6.45) is 0. The van der Waals surface area contributed by atoms with Crippen LogP contribution in [0.2, 0.25) is 19.6 Å². The molecule has 4 heteroatoms. The van der Waals surface area contributed by atoms with Crippen molar-refractivity contribution >= 4 is 32.5 Å².